The van der Waals surface area contributed by atoms with Crippen molar-refractivity contribution in [2.45, 2.75) is 25.4 Å². The van der Waals surface area contributed by atoms with Gasteiger partial charge in [-0.1, -0.05) is 12.1 Å². The predicted octanol–water partition coefficient (Wildman–Crippen LogP) is 1.90. The zero-order chi connectivity index (χ0) is 20.0. The van der Waals surface area contributed by atoms with Gasteiger partial charge in [-0.3, -0.25) is 29.8 Å². The number of carbonyl (C=O) groups is 3. The number of carbonyl (C=O) groups excluding carboxylic acids is 3. The number of rotatable bonds is 3. The molecule has 5 rings (SSSR count). The van der Waals surface area contributed by atoms with E-state index in [-0.39, 0.29) is 18.2 Å². The second kappa shape index (κ2) is 6.66. The molecule has 2 aliphatic heterocycles. The van der Waals surface area contributed by atoms with Gasteiger partial charge in [0.05, 0.1) is 5.69 Å². The summed E-state index contributed by atoms with van der Waals surface area (Å²) in [4.78, 5) is 42.4. The van der Waals surface area contributed by atoms with Crippen LogP contribution in [0, 0.1) is 0 Å². The van der Waals surface area contributed by atoms with Crippen molar-refractivity contribution in [2.75, 3.05) is 0 Å². The van der Waals surface area contributed by atoms with E-state index in [1.807, 2.05) is 30.3 Å². The van der Waals surface area contributed by atoms with Crippen molar-refractivity contribution in [3.05, 3.63) is 59.9 Å². The van der Waals surface area contributed by atoms with Crippen LogP contribution in [-0.4, -0.2) is 43.8 Å². The fraction of sp³-hybridized carbons (Fsp3) is 0.190. The molecule has 8 nitrogen and oxygen atoms in total. The molecule has 0 aliphatic carbocycles. The molecule has 0 radical (unpaired) electrons. The predicted molar refractivity (Wildman–Crippen MR) is 103 cm³/mol. The average molecular weight is 387 g/mol. The quantitative estimate of drug-likeness (QED) is 0.668. The van der Waals surface area contributed by atoms with Crippen LogP contribution in [0.4, 0.5) is 0 Å². The Balaban J connectivity index is 1.47. The van der Waals surface area contributed by atoms with Crippen molar-refractivity contribution in [1.29, 1.82) is 0 Å². The molecule has 2 aliphatic rings. The Hall–Kier alpha value is -3.81. The number of aromatic nitrogens is 3. The molecule has 4 heterocycles. The number of hydrogen-bond acceptors (Lipinski definition) is 5. The number of fused-ring (bicyclic) bond motifs is 1. The minimum Gasteiger partial charge on any atom is -0.322 e. The van der Waals surface area contributed by atoms with E-state index in [4.69, 9.17) is 0 Å². The van der Waals surface area contributed by atoms with E-state index in [1.54, 1.807) is 23.4 Å². The van der Waals surface area contributed by atoms with Crippen LogP contribution < -0.4 is 5.32 Å². The van der Waals surface area contributed by atoms with Gasteiger partial charge in [-0.2, -0.15) is 5.10 Å². The molecule has 8 heteroatoms. The van der Waals surface area contributed by atoms with Crippen LogP contribution >= 0.6 is 0 Å². The highest BCUT2D eigenvalue weighted by molar-refractivity contribution is 6.05. The van der Waals surface area contributed by atoms with E-state index in [0.717, 1.165) is 28.1 Å². The highest BCUT2D eigenvalue weighted by Crippen LogP contribution is 2.34. The van der Waals surface area contributed by atoms with Crippen LogP contribution in [0.2, 0.25) is 0 Å². The van der Waals surface area contributed by atoms with Crippen molar-refractivity contribution >= 4 is 17.7 Å². The summed E-state index contributed by atoms with van der Waals surface area (Å²) in [6.07, 6.45) is 4.11. The standard InChI is InChI=1S/C21H17N5O3/c27-18-7-6-17(20(28)24-18)26-11-13-9-12(4-5-14(13)21(26)29)15-10-23-25-19(15)16-3-1-2-8-22-16/h1-5,8-10,17H,6-7,11H2,(H,23,25)(H,24,27,28). The van der Waals surface area contributed by atoms with Gasteiger partial charge >= 0.3 is 0 Å². The summed E-state index contributed by atoms with van der Waals surface area (Å²) in [6.45, 7) is 0.338. The van der Waals surface area contributed by atoms with Gasteiger partial charge in [-0.15, -0.1) is 0 Å². The second-order valence-electron chi connectivity index (χ2n) is 7.13. The van der Waals surface area contributed by atoms with E-state index >= 15 is 0 Å². The summed E-state index contributed by atoms with van der Waals surface area (Å²) in [7, 11) is 0. The third kappa shape index (κ3) is 2.89. The van der Waals surface area contributed by atoms with E-state index in [9.17, 15) is 14.4 Å². The van der Waals surface area contributed by atoms with Gasteiger partial charge in [-0.25, -0.2) is 0 Å². The lowest BCUT2D eigenvalue weighted by molar-refractivity contribution is -0.136. The van der Waals surface area contributed by atoms with E-state index in [0.29, 0.717) is 18.5 Å². The van der Waals surface area contributed by atoms with Crippen LogP contribution in [0.15, 0.2) is 48.8 Å². The molecule has 2 aromatic heterocycles. The molecule has 3 aromatic rings. The normalized spacial score (nSPS) is 18.7. The van der Waals surface area contributed by atoms with Crippen LogP contribution in [-0.2, 0) is 16.1 Å². The summed E-state index contributed by atoms with van der Waals surface area (Å²) >= 11 is 0. The van der Waals surface area contributed by atoms with Crippen LogP contribution in [0.25, 0.3) is 22.5 Å². The van der Waals surface area contributed by atoms with E-state index in [2.05, 4.69) is 20.5 Å². The molecule has 0 bridgehead atoms. The van der Waals surface area contributed by atoms with E-state index < -0.39 is 11.9 Å². The van der Waals surface area contributed by atoms with Gasteiger partial charge in [0.2, 0.25) is 11.8 Å². The molecule has 144 valence electrons. The van der Waals surface area contributed by atoms with Crippen molar-refractivity contribution < 1.29 is 14.4 Å². The first-order valence-electron chi connectivity index (χ1n) is 9.35. The number of benzene rings is 1. The number of aromatic amines is 1. The van der Waals surface area contributed by atoms with Gasteiger partial charge < -0.3 is 4.90 Å². The number of hydrogen-bond donors (Lipinski definition) is 2. The lowest BCUT2D eigenvalue weighted by Gasteiger charge is -2.29. The minimum absolute atomic E-state index is 0.182. The average Bonchev–Trinajstić information content (AvgIpc) is 3.34. The zero-order valence-corrected chi connectivity index (χ0v) is 15.4. The monoisotopic (exact) mass is 387 g/mol. The molecular weight excluding hydrogens is 370 g/mol. The molecule has 29 heavy (non-hydrogen) atoms. The smallest absolute Gasteiger partial charge is 0.255 e. The number of nitrogens with zero attached hydrogens (tertiary/aromatic N) is 3. The third-order valence-electron chi connectivity index (χ3n) is 5.38. The van der Waals surface area contributed by atoms with Gasteiger partial charge in [0.15, 0.2) is 0 Å². The fourth-order valence-corrected chi connectivity index (χ4v) is 3.95. The Bertz CT molecular complexity index is 1140. The number of piperidine rings is 1. The van der Waals surface area contributed by atoms with Crippen molar-refractivity contribution in [2.24, 2.45) is 0 Å². The first-order valence-corrected chi connectivity index (χ1v) is 9.35. The number of H-pyrrole nitrogens is 1. The van der Waals surface area contributed by atoms with E-state index in [1.165, 1.54) is 0 Å². The van der Waals surface area contributed by atoms with Gasteiger partial charge in [-0.05, 0) is 41.8 Å². The minimum atomic E-state index is -0.617. The second-order valence-corrected chi connectivity index (χ2v) is 7.13. The Morgan fingerprint density at radius 3 is 2.76 bits per heavy atom. The molecule has 1 unspecified atom stereocenters. The summed E-state index contributed by atoms with van der Waals surface area (Å²) < 4.78 is 0. The zero-order valence-electron chi connectivity index (χ0n) is 15.4. The molecule has 3 amide bonds. The molecule has 0 spiro atoms. The molecule has 0 saturated carbocycles. The largest absolute Gasteiger partial charge is 0.322 e. The molecule has 1 atom stereocenters. The summed E-state index contributed by atoms with van der Waals surface area (Å²) in [5, 5.41) is 9.54. The van der Waals surface area contributed by atoms with Crippen molar-refractivity contribution in [1.82, 2.24) is 25.4 Å². The van der Waals surface area contributed by atoms with Gasteiger partial charge in [0.25, 0.3) is 5.91 Å². The SMILES string of the molecule is O=C1CCC(N2Cc3cc(-c4c[nH]nc4-c4ccccn4)ccc3C2=O)C(=O)N1. The van der Waals surface area contributed by atoms with Crippen molar-refractivity contribution in [3.8, 4) is 22.5 Å². The summed E-state index contributed by atoms with van der Waals surface area (Å²) in [5.41, 5.74) is 4.73. The molecule has 1 saturated heterocycles. The number of imide groups is 1. The highest BCUT2D eigenvalue weighted by Gasteiger charge is 2.39. The maximum atomic E-state index is 12.8. The van der Waals surface area contributed by atoms with Crippen LogP contribution in [0.1, 0.15) is 28.8 Å². The fourth-order valence-electron chi connectivity index (χ4n) is 3.95. The van der Waals surface area contributed by atoms with Crippen LogP contribution in [0.5, 0.6) is 0 Å². The first kappa shape index (κ1) is 17.3. The summed E-state index contributed by atoms with van der Waals surface area (Å²) in [5.74, 6) is -0.882. The maximum absolute atomic E-state index is 12.8. The number of pyridine rings is 1. The Labute approximate surface area is 165 Å². The topological polar surface area (TPSA) is 108 Å². The van der Waals surface area contributed by atoms with Gasteiger partial charge in [0, 0.05) is 36.5 Å². The highest BCUT2D eigenvalue weighted by atomic mass is 16.2. The van der Waals surface area contributed by atoms with Gasteiger partial charge in [0.1, 0.15) is 11.7 Å². The molecular formula is C21H17N5O3. The molecule has 1 aromatic carbocycles. The Morgan fingerprint density at radius 2 is 1.97 bits per heavy atom. The number of nitrogens with one attached hydrogen (secondary N) is 2. The third-order valence-corrected chi connectivity index (χ3v) is 5.38. The lowest BCUT2D eigenvalue weighted by atomic mass is 10.00. The Morgan fingerprint density at radius 1 is 1.07 bits per heavy atom. The number of amides is 3. The lowest BCUT2D eigenvalue weighted by Crippen LogP contribution is -2.52. The molecule has 1 fully saturated rings. The van der Waals surface area contributed by atoms with Crippen molar-refractivity contribution in [3.63, 3.8) is 0 Å². The molecule has 2 N–H and O–H groups in total. The first-order chi connectivity index (χ1) is 14.1. The van der Waals surface area contributed by atoms with Crippen LogP contribution in [0.3, 0.4) is 0 Å². The Kier molecular flexibility index (Phi) is 3.97. The maximum Gasteiger partial charge on any atom is 0.255 e. The summed E-state index contributed by atoms with van der Waals surface area (Å²) in [6, 6.07) is 10.6.